The number of nitrogens with one attached hydrogen (secondary N) is 1. The Hall–Kier alpha value is -1.36. The van der Waals surface area contributed by atoms with Crippen molar-refractivity contribution in [3.8, 4) is 0 Å². The quantitative estimate of drug-likeness (QED) is 0.904. The van der Waals surface area contributed by atoms with Crippen LogP contribution in [-0.2, 0) is 17.8 Å². The molecule has 2 heterocycles. The van der Waals surface area contributed by atoms with E-state index in [1.54, 1.807) is 0 Å². The van der Waals surface area contributed by atoms with Crippen LogP contribution < -0.4 is 5.32 Å². The van der Waals surface area contributed by atoms with Crippen molar-refractivity contribution in [3.05, 3.63) is 17.0 Å². The molecule has 1 fully saturated rings. The second kappa shape index (κ2) is 7.27. The van der Waals surface area contributed by atoms with E-state index in [0.29, 0.717) is 18.4 Å². The molecule has 0 bridgehead atoms. The SMILES string of the molecule is CNC1CCCN(C(=O)Cc2c(C)nn(CC(C)C)c2C)C1. The molecule has 1 saturated heterocycles. The second-order valence-electron chi connectivity index (χ2n) is 6.87. The third kappa shape index (κ3) is 3.88. The first-order chi connectivity index (χ1) is 10.4. The Morgan fingerprint density at radius 2 is 2.14 bits per heavy atom. The number of hydrogen-bond acceptors (Lipinski definition) is 3. The van der Waals surface area contributed by atoms with Gasteiger partial charge in [0.2, 0.25) is 5.91 Å². The Morgan fingerprint density at radius 3 is 2.77 bits per heavy atom. The predicted molar refractivity (Wildman–Crippen MR) is 88.9 cm³/mol. The molecule has 0 saturated carbocycles. The molecule has 1 aliphatic rings. The van der Waals surface area contributed by atoms with E-state index in [-0.39, 0.29) is 5.91 Å². The third-order valence-corrected chi connectivity index (χ3v) is 4.58. The van der Waals surface area contributed by atoms with Crippen molar-refractivity contribution in [2.75, 3.05) is 20.1 Å². The van der Waals surface area contributed by atoms with E-state index in [4.69, 9.17) is 0 Å². The van der Waals surface area contributed by atoms with Crippen LogP contribution in [0.25, 0.3) is 0 Å². The van der Waals surface area contributed by atoms with Crippen molar-refractivity contribution in [1.29, 1.82) is 0 Å². The molecule has 5 nitrogen and oxygen atoms in total. The molecular weight excluding hydrogens is 276 g/mol. The van der Waals surface area contributed by atoms with Gasteiger partial charge in [-0.25, -0.2) is 0 Å². The number of piperidine rings is 1. The molecule has 0 aromatic carbocycles. The van der Waals surface area contributed by atoms with Gasteiger partial charge in [-0.2, -0.15) is 5.10 Å². The summed E-state index contributed by atoms with van der Waals surface area (Å²) in [4.78, 5) is 14.6. The van der Waals surface area contributed by atoms with Gasteiger partial charge in [0, 0.05) is 36.9 Å². The lowest BCUT2D eigenvalue weighted by atomic mass is 10.0. The summed E-state index contributed by atoms with van der Waals surface area (Å²) < 4.78 is 2.05. The van der Waals surface area contributed by atoms with Gasteiger partial charge in [-0.15, -0.1) is 0 Å². The lowest BCUT2D eigenvalue weighted by molar-refractivity contribution is -0.131. The van der Waals surface area contributed by atoms with Gasteiger partial charge >= 0.3 is 0 Å². The maximum atomic E-state index is 12.6. The molecule has 124 valence electrons. The highest BCUT2D eigenvalue weighted by Gasteiger charge is 2.24. The maximum absolute atomic E-state index is 12.6. The van der Waals surface area contributed by atoms with Gasteiger partial charge < -0.3 is 10.2 Å². The first-order valence-corrected chi connectivity index (χ1v) is 8.40. The van der Waals surface area contributed by atoms with Gasteiger partial charge in [0.05, 0.1) is 12.1 Å². The fourth-order valence-corrected chi connectivity index (χ4v) is 3.22. The van der Waals surface area contributed by atoms with Gasteiger partial charge in [0.15, 0.2) is 0 Å². The lowest BCUT2D eigenvalue weighted by Gasteiger charge is -2.32. The van der Waals surface area contributed by atoms with Crippen molar-refractivity contribution in [3.63, 3.8) is 0 Å². The molecule has 1 amide bonds. The number of amides is 1. The number of rotatable bonds is 5. The van der Waals surface area contributed by atoms with Crippen LogP contribution >= 0.6 is 0 Å². The molecule has 0 aliphatic carbocycles. The topological polar surface area (TPSA) is 50.2 Å². The summed E-state index contributed by atoms with van der Waals surface area (Å²) in [7, 11) is 1.98. The van der Waals surface area contributed by atoms with Gasteiger partial charge in [-0.1, -0.05) is 13.8 Å². The highest BCUT2D eigenvalue weighted by molar-refractivity contribution is 5.79. The van der Waals surface area contributed by atoms with Gasteiger partial charge in [0.1, 0.15) is 0 Å². The van der Waals surface area contributed by atoms with Crippen molar-refractivity contribution >= 4 is 5.91 Å². The van der Waals surface area contributed by atoms with Crippen LogP contribution in [0.3, 0.4) is 0 Å². The van der Waals surface area contributed by atoms with Crippen LogP contribution in [0.1, 0.15) is 43.6 Å². The Morgan fingerprint density at radius 1 is 1.41 bits per heavy atom. The number of carbonyl (C=O) groups excluding carboxylic acids is 1. The first-order valence-electron chi connectivity index (χ1n) is 8.40. The van der Waals surface area contributed by atoms with E-state index in [1.165, 1.54) is 0 Å². The van der Waals surface area contributed by atoms with Crippen molar-refractivity contribution in [1.82, 2.24) is 20.0 Å². The molecule has 0 radical (unpaired) electrons. The van der Waals surface area contributed by atoms with E-state index in [2.05, 4.69) is 35.9 Å². The Balaban J connectivity index is 2.06. The number of hydrogen-bond donors (Lipinski definition) is 1. The molecule has 1 atom stereocenters. The fourth-order valence-electron chi connectivity index (χ4n) is 3.22. The highest BCUT2D eigenvalue weighted by atomic mass is 16.2. The highest BCUT2D eigenvalue weighted by Crippen LogP contribution is 2.18. The van der Waals surface area contributed by atoms with E-state index in [0.717, 1.165) is 49.4 Å². The normalized spacial score (nSPS) is 19.0. The summed E-state index contributed by atoms with van der Waals surface area (Å²) in [5.74, 6) is 0.787. The maximum Gasteiger partial charge on any atom is 0.227 e. The summed E-state index contributed by atoms with van der Waals surface area (Å²) >= 11 is 0. The number of carbonyl (C=O) groups is 1. The number of aromatic nitrogens is 2. The third-order valence-electron chi connectivity index (χ3n) is 4.58. The van der Waals surface area contributed by atoms with Crippen LogP contribution in [0, 0.1) is 19.8 Å². The van der Waals surface area contributed by atoms with E-state index in [9.17, 15) is 4.79 Å². The molecule has 1 unspecified atom stereocenters. The summed E-state index contributed by atoms with van der Waals surface area (Å²) in [6.07, 6.45) is 2.72. The van der Waals surface area contributed by atoms with Crippen LogP contribution in [0.15, 0.2) is 0 Å². The standard InChI is InChI=1S/C17H30N4O/c1-12(2)10-21-14(4)16(13(3)19-21)9-17(22)20-8-6-7-15(11-20)18-5/h12,15,18H,6-11H2,1-5H3. The molecular formula is C17H30N4O. The van der Waals surface area contributed by atoms with E-state index >= 15 is 0 Å². The predicted octanol–water partition coefficient (Wildman–Crippen LogP) is 1.91. The summed E-state index contributed by atoms with van der Waals surface area (Å²) in [6, 6.07) is 0.434. The van der Waals surface area contributed by atoms with Gasteiger partial charge in [-0.3, -0.25) is 9.48 Å². The lowest BCUT2D eigenvalue weighted by Crippen LogP contribution is -2.47. The van der Waals surface area contributed by atoms with E-state index in [1.807, 2.05) is 18.9 Å². The largest absolute Gasteiger partial charge is 0.341 e. The summed E-state index contributed by atoms with van der Waals surface area (Å²) in [5.41, 5.74) is 3.24. The minimum Gasteiger partial charge on any atom is -0.341 e. The molecule has 5 heteroatoms. The van der Waals surface area contributed by atoms with Gasteiger partial charge in [0.25, 0.3) is 0 Å². The fraction of sp³-hybridized carbons (Fsp3) is 0.765. The number of likely N-dealkylation sites (tertiary alicyclic amines) is 1. The summed E-state index contributed by atoms with van der Waals surface area (Å²) in [5, 5.41) is 7.90. The molecule has 1 N–H and O–H groups in total. The van der Waals surface area contributed by atoms with Gasteiger partial charge in [-0.05, 0) is 39.7 Å². The first kappa shape index (κ1) is 17.0. The number of nitrogens with zero attached hydrogens (tertiary/aromatic N) is 3. The molecule has 1 aromatic heterocycles. The molecule has 2 rings (SSSR count). The van der Waals surface area contributed by atoms with Crippen LogP contribution in [-0.4, -0.2) is 46.8 Å². The Bertz CT molecular complexity index is 521. The molecule has 1 aromatic rings. The minimum atomic E-state index is 0.232. The summed E-state index contributed by atoms with van der Waals surface area (Å²) in [6.45, 7) is 11.1. The zero-order valence-electron chi connectivity index (χ0n) is 14.6. The van der Waals surface area contributed by atoms with Crippen molar-refractivity contribution < 1.29 is 4.79 Å². The molecule has 1 aliphatic heterocycles. The second-order valence-corrected chi connectivity index (χ2v) is 6.87. The zero-order valence-corrected chi connectivity index (χ0v) is 14.6. The van der Waals surface area contributed by atoms with Crippen LogP contribution in [0.4, 0.5) is 0 Å². The molecule has 22 heavy (non-hydrogen) atoms. The number of aryl methyl sites for hydroxylation is 1. The van der Waals surface area contributed by atoms with Crippen molar-refractivity contribution in [2.24, 2.45) is 5.92 Å². The smallest absolute Gasteiger partial charge is 0.227 e. The number of likely N-dealkylation sites (N-methyl/N-ethyl adjacent to an activating group) is 1. The minimum absolute atomic E-state index is 0.232. The molecule has 0 spiro atoms. The Labute approximate surface area is 134 Å². The average Bonchev–Trinajstić information content (AvgIpc) is 2.74. The van der Waals surface area contributed by atoms with Crippen molar-refractivity contribution in [2.45, 2.75) is 59.5 Å². The monoisotopic (exact) mass is 306 g/mol. The zero-order chi connectivity index (χ0) is 16.3. The average molecular weight is 306 g/mol. The Kier molecular flexibility index (Phi) is 5.62. The van der Waals surface area contributed by atoms with E-state index < -0.39 is 0 Å². The van der Waals surface area contributed by atoms with Crippen LogP contribution in [0.5, 0.6) is 0 Å². The van der Waals surface area contributed by atoms with Crippen LogP contribution in [0.2, 0.25) is 0 Å².